The molecule has 0 atom stereocenters. The number of nitrogens with zero attached hydrogens (tertiary/aromatic N) is 2. The van der Waals surface area contributed by atoms with Crippen LogP contribution in [0.3, 0.4) is 0 Å². The first-order valence-electron chi connectivity index (χ1n) is 6.92. The van der Waals surface area contributed by atoms with Gasteiger partial charge in [-0.2, -0.15) is 5.26 Å². The minimum atomic E-state index is -0.647. The largest absolute Gasteiger partial charge is 0.494 e. The van der Waals surface area contributed by atoms with Crippen LogP contribution in [0.5, 0.6) is 5.88 Å². The number of carbonyl (C=O) groups excluding carboxylic acids is 1. The number of fused-ring (bicyclic) bond motifs is 1. The Morgan fingerprint density at radius 1 is 1.38 bits per heavy atom. The third-order valence-corrected chi connectivity index (χ3v) is 5.56. The van der Waals surface area contributed by atoms with Crippen molar-refractivity contribution in [3.63, 3.8) is 0 Å². The van der Waals surface area contributed by atoms with Gasteiger partial charge in [-0.1, -0.05) is 29.8 Å². The van der Waals surface area contributed by atoms with Gasteiger partial charge in [0.25, 0.3) is 5.56 Å². The molecule has 0 bridgehead atoms. The van der Waals surface area contributed by atoms with Gasteiger partial charge in [-0.15, -0.1) is 11.3 Å². The van der Waals surface area contributed by atoms with Crippen LogP contribution < -0.4 is 5.56 Å². The van der Waals surface area contributed by atoms with E-state index in [1.165, 1.54) is 25.3 Å². The molecule has 0 amide bonds. The van der Waals surface area contributed by atoms with Crippen molar-refractivity contribution in [3.05, 3.63) is 61.2 Å². The van der Waals surface area contributed by atoms with Crippen LogP contribution in [0.4, 0.5) is 0 Å². The zero-order valence-electron chi connectivity index (χ0n) is 12.8. The van der Waals surface area contributed by atoms with Crippen LogP contribution in [-0.2, 0) is 7.05 Å². The van der Waals surface area contributed by atoms with E-state index in [0.717, 1.165) is 14.7 Å². The number of carbonyl (C=O) groups is 1. The number of pyridine rings is 1. The van der Waals surface area contributed by atoms with Crippen LogP contribution >= 0.6 is 22.9 Å². The summed E-state index contributed by atoms with van der Waals surface area (Å²) < 4.78 is 1.73. The number of ketones is 1. The fraction of sp³-hybridized carbons (Fsp3) is 0.118. The van der Waals surface area contributed by atoms with E-state index < -0.39 is 17.2 Å². The highest BCUT2D eigenvalue weighted by Crippen LogP contribution is 2.38. The Bertz CT molecular complexity index is 1110. The number of hydrogen-bond donors (Lipinski definition) is 1. The Balaban J connectivity index is 2.31. The first-order valence-corrected chi connectivity index (χ1v) is 8.12. The maximum atomic E-state index is 13.0. The fourth-order valence-electron chi connectivity index (χ4n) is 2.56. The van der Waals surface area contributed by atoms with E-state index in [9.17, 15) is 20.0 Å². The fourth-order valence-corrected chi connectivity index (χ4v) is 4.03. The van der Waals surface area contributed by atoms with Crippen molar-refractivity contribution < 1.29 is 9.90 Å². The van der Waals surface area contributed by atoms with E-state index >= 15 is 0 Å². The quantitative estimate of drug-likeness (QED) is 0.712. The van der Waals surface area contributed by atoms with E-state index in [0.29, 0.717) is 5.02 Å². The van der Waals surface area contributed by atoms with Crippen molar-refractivity contribution in [2.24, 2.45) is 7.05 Å². The molecule has 0 spiro atoms. The van der Waals surface area contributed by atoms with Gasteiger partial charge in [0.1, 0.15) is 11.6 Å². The topological polar surface area (TPSA) is 83.1 Å². The molecular formula is C17H11ClN2O3S. The smallest absolute Gasteiger partial charge is 0.271 e. The number of nitriles is 1. The molecule has 0 aliphatic carbocycles. The van der Waals surface area contributed by atoms with E-state index in [-0.39, 0.29) is 21.6 Å². The number of thiophene rings is 1. The third-order valence-electron chi connectivity index (χ3n) is 3.89. The molecule has 1 aromatic carbocycles. The summed E-state index contributed by atoms with van der Waals surface area (Å²) in [5, 5.41) is 20.5. The number of aromatic nitrogens is 1. The lowest BCUT2D eigenvalue weighted by Crippen LogP contribution is -2.24. The molecule has 3 aromatic rings. The zero-order valence-corrected chi connectivity index (χ0v) is 14.3. The van der Waals surface area contributed by atoms with E-state index in [4.69, 9.17) is 11.6 Å². The van der Waals surface area contributed by atoms with Gasteiger partial charge in [-0.05, 0) is 18.6 Å². The first kappa shape index (κ1) is 16.2. The first-order chi connectivity index (χ1) is 11.4. The lowest BCUT2D eigenvalue weighted by molar-refractivity contribution is 0.103. The Kier molecular flexibility index (Phi) is 3.91. The van der Waals surface area contributed by atoms with Crippen molar-refractivity contribution >= 4 is 38.8 Å². The minimum Gasteiger partial charge on any atom is -0.494 e. The predicted octanol–water partition coefficient (Wildman–Crippen LogP) is 3.37. The summed E-state index contributed by atoms with van der Waals surface area (Å²) in [6, 6.07) is 9.10. The summed E-state index contributed by atoms with van der Waals surface area (Å²) in [7, 11) is 1.31. The van der Waals surface area contributed by atoms with E-state index in [1.54, 1.807) is 12.1 Å². The summed E-state index contributed by atoms with van der Waals surface area (Å²) in [5.41, 5.74) is -0.749. The van der Waals surface area contributed by atoms with Crippen LogP contribution in [0, 0.1) is 18.3 Å². The molecule has 0 fully saturated rings. The highest BCUT2D eigenvalue weighted by atomic mass is 35.5. The molecule has 0 saturated carbocycles. The molecule has 1 N–H and O–H groups in total. The van der Waals surface area contributed by atoms with Crippen molar-refractivity contribution in [3.8, 4) is 11.9 Å². The standard InChI is InChI=1S/C17H11ClN2O3S/c1-8-10(7-19)16(22)20(2)17(23)12(8)14(21)15-13(18)9-5-3-4-6-11(9)24-15/h3-6,23H,1-2H3. The zero-order chi connectivity index (χ0) is 17.6. The van der Waals surface area contributed by atoms with Gasteiger partial charge in [0, 0.05) is 17.1 Å². The van der Waals surface area contributed by atoms with Gasteiger partial charge in [0.15, 0.2) is 0 Å². The second-order valence-electron chi connectivity index (χ2n) is 5.25. The molecule has 3 rings (SSSR count). The lowest BCUT2D eigenvalue weighted by Gasteiger charge is -2.11. The lowest BCUT2D eigenvalue weighted by atomic mass is 10.0. The van der Waals surface area contributed by atoms with Crippen molar-refractivity contribution in [2.45, 2.75) is 6.92 Å². The molecule has 2 aromatic heterocycles. The average Bonchev–Trinajstić information content (AvgIpc) is 2.91. The summed E-state index contributed by atoms with van der Waals surface area (Å²) in [5.74, 6) is -0.988. The average molecular weight is 359 g/mol. The van der Waals surface area contributed by atoms with Crippen LogP contribution in [0.15, 0.2) is 29.1 Å². The summed E-state index contributed by atoms with van der Waals surface area (Å²) >= 11 is 7.53. The van der Waals surface area contributed by atoms with Crippen LogP contribution in [0.25, 0.3) is 10.1 Å². The predicted molar refractivity (Wildman–Crippen MR) is 93.1 cm³/mol. The molecule has 2 heterocycles. The SMILES string of the molecule is Cc1c(C(=O)c2sc3ccccc3c2Cl)c(O)n(C)c(=O)c1C#N. The van der Waals surface area contributed by atoms with Gasteiger partial charge >= 0.3 is 0 Å². The summed E-state index contributed by atoms with van der Waals surface area (Å²) in [6.45, 7) is 1.47. The third kappa shape index (κ3) is 2.21. The van der Waals surface area contributed by atoms with Crippen LogP contribution in [0.2, 0.25) is 5.02 Å². The minimum absolute atomic E-state index is 0.0814. The Morgan fingerprint density at radius 2 is 2.04 bits per heavy atom. The van der Waals surface area contributed by atoms with Gasteiger partial charge < -0.3 is 5.11 Å². The molecule has 24 heavy (non-hydrogen) atoms. The Morgan fingerprint density at radius 3 is 2.67 bits per heavy atom. The normalized spacial score (nSPS) is 10.8. The number of hydrogen-bond acceptors (Lipinski definition) is 5. The molecule has 0 saturated heterocycles. The van der Waals surface area contributed by atoms with Gasteiger partial charge in [-0.3, -0.25) is 14.2 Å². The Labute approximate surface area is 146 Å². The van der Waals surface area contributed by atoms with Crippen molar-refractivity contribution in [1.82, 2.24) is 4.57 Å². The number of benzene rings is 1. The monoisotopic (exact) mass is 358 g/mol. The number of aromatic hydroxyl groups is 1. The highest BCUT2D eigenvalue weighted by Gasteiger charge is 2.27. The molecule has 0 aliphatic heterocycles. The van der Waals surface area contributed by atoms with Crippen LogP contribution in [-0.4, -0.2) is 15.5 Å². The van der Waals surface area contributed by atoms with Crippen molar-refractivity contribution in [1.29, 1.82) is 5.26 Å². The summed E-state index contributed by atoms with van der Waals surface area (Å²) in [6.07, 6.45) is 0. The van der Waals surface area contributed by atoms with Crippen LogP contribution in [0.1, 0.15) is 26.4 Å². The Hall–Kier alpha value is -2.62. The molecule has 5 nitrogen and oxygen atoms in total. The van der Waals surface area contributed by atoms with Gasteiger partial charge in [0.05, 0.1) is 15.5 Å². The maximum absolute atomic E-state index is 13.0. The molecule has 120 valence electrons. The van der Waals surface area contributed by atoms with Crippen molar-refractivity contribution in [2.75, 3.05) is 0 Å². The summed E-state index contributed by atoms with van der Waals surface area (Å²) in [4.78, 5) is 25.2. The van der Waals surface area contributed by atoms with Gasteiger partial charge in [-0.25, -0.2) is 0 Å². The van der Waals surface area contributed by atoms with Gasteiger partial charge in [0.2, 0.25) is 11.7 Å². The molecular weight excluding hydrogens is 348 g/mol. The second kappa shape index (κ2) is 5.78. The second-order valence-corrected chi connectivity index (χ2v) is 6.68. The number of halogens is 1. The number of rotatable bonds is 2. The molecule has 0 unspecified atom stereocenters. The van der Waals surface area contributed by atoms with E-state index in [1.807, 2.05) is 18.2 Å². The maximum Gasteiger partial charge on any atom is 0.271 e. The molecule has 7 heteroatoms. The molecule has 0 radical (unpaired) electrons. The van der Waals surface area contributed by atoms with E-state index in [2.05, 4.69) is 0 Å². The highest BCUT2D eigenvalue weighted by molar-refractivity contribution is 7.21. The molecule has 0 aliphatic rings.